The number of nitrogens with one attached hydrogen (secondary N) is 1. The molecule has 0 aliphatic rings. The van der Waals surface area contributed by atoms with Gasteiger partial charge >= 0.3 is 0 Å². The van der Waals surface area contributed by atoms with Crippen LogP contribution >= 0.6 is 0 Å². The van der Waals surface area contributed by atoms with Crippen LogP contribution in [0.5, 0.6) is 5.75 Å². The first-order valence-corrected chi connectivity index (χ1v) is 7.76. The molecule has 0 bridgehead atoms. The molecule has 1 aromatic heterocycles. The molecule has 1 N–H and O–H groups in total. The van der Waals surface area contributed by atoms with Crippen molar-refractivity contribution in [2.24, 2.45) is 0 Å². The van der Waals surface area contributed by atoms with Crippen LogP contribution in [0, 0.1) is 0 Å². The zero-order valence-electron chi connectivity index (χ0n) is 13.5. The number of nitrogens with zero attached hydrogens (tertiary/aromatic N) is 3. The lowest BCUT2D eigenvalue weighted by Crippen LogP contribution is -2.19. The number of hydrogen-bond acceptors (Lipinski definition) is 5. The van der Waals surface area contributed by atoms with Gasteiger partial charge in [0.25, 0.3) is 0 Å². The highest BCUT2D eigenvalue weighted by Crippen LogP contribution is 2.20. The second kappa shape index (κ2) is 8.22. The van der Waals surface area contributed by atoms with Crippen molar-refractivity contribution in [3.8, 4) is 5.75 Å². The Morgan fingerprint density at radius 3 is 2.59 bits per heavy atom. The number of ether oxygens (including phenoxy) is 1. The van der Waals surface area contributed by atoms with Crippen LogP contribution in [0.3, 0.4) is 0 Å². The van der Waals surface area contributed by atoms with Gasteiger partial charge in [0, 0.05) is 25.3 Å². The van der Waals surface area contributed by atoms with E-state index in [9.17, 15) is 0 Å². The SMILES string of the molecule is CCCCN(C)c1cc(Nc2ccc(OCC)cc2)ncn1. The van der Waals surface area contributed by atoms with Crippen molar-refractivity contribution in [1.29, 1.82) is 0 Å². The van der Waals surface area contributed by atoms with E-state index < -0.39 is 0 Å². The maximum Gasteiger partial charge on any atom is 0.135 e. The number of aromatic nitrogens is 2. The van der Waals surface area contributed by atoms with Crippen LogP contribution < -0.4 is 15.0 Å². The first-order valence-electron chi connectivity index (χ1n) is 7.76. The van der Waals surface area contributed by atoms with E-state index in [0.29, 0.717) is 6.61 Å². The number of hydrogen-bond donors (Lipinski definition) is 1. The third kappa shape index (κ3) is 4.62. The van der Waals surface area contributed by atoms with Gasteiger partial charge in [0.1, 0.15) is 23.7 Å². The van der Waals surface area contributed by atoms with Gasteiger partial charge in [-0.3, -0.25) is 0 Å². The zero-order chi connectivity index (χ0) is 15.8. The first-order chi connectivity index (χ1) is 10.7. The van der Waals surface area contributed by atoms with Gasteiger partial charge in [-0.25, -0.2) is 9.97 Å². The van der Waals surface area contributed by atoms with E-state index in [1.54, 1.807) is 6.33 Å². The molecule has 0 aliphatic heterocycles. The Balaban J connectivity index is 2.03. The van der Waals surface area contributed by atoms with Gasteiger partial charge in [-0.05, 0) is 37.6 Å². The van der Waals surface area contributed by atoms with E-state index in [1.165, 1.54) is 6.42 Å². The minimum absolute atomic E-state index is 0.673. The fourth-order valence-electron chi connectivity index (χ4n) is 2.08. The van der Waals surface area contributed by atoms with E-state index in [1.807, 2.05) is 37.3 Å². The lowest BCUT2D eigenvalue weighted by molar-refractivity contribution is 0.340. The predicted octanol–water partition coefficient (Wildman–Crippen LogP) is 3.86. The zero-order valence-corrected chi connectivity index (χ0v) is 13.5. The molecule has 0 aliphatic carbocycles. The highest BCUT2D eigenvalue weighted by atomic mass is 16.5. The smallest absolute Gasteiger partial charge is 0.135 e. The molecule has 0 unspecified atom stereocenters. The summed E-state index contributed by atoms with van der Waals surface area (Å²) in [6.07, 6.45) is 3.92. The summed E-state index contributed by atoms with van der Waals surface area (Å²) in [5.74, 6) is 2.59. The van der Waals surface area contributed by atoms with Gasteiger partial charge in [-0.15, -0.1) is 0 Å². The number of anilines is 3. The molecule has 5 nitrogen and oxygen atoms in total. The molecule has 2 rings (SSSR count). The van der Waals surface area contributed by atoms with Gasteiger partial charge in [-0.1, -0.05) is 13.3 Å². The highest BCUT2D eigenvalue weighted by molar-refractivity contribution is 5.59. The Labute approximate surface area is 132 Å². The molecule has 0 fully saturated rings. The van der Waals surface area contributed by atoms with Gasteiger partial charge < -0.3 is 15.0 Å². The maximum atomic E-state index is 5.44. The van der Waals surface area contributed by atoms with E-state index in [2.05, 4.69) is 34.2 Å². The summed E-state index contributed by atoms with van der Waals surface area (Å²) in [6, 6.07) is 9.82. The molecule has 0 atom stereocenters. The number of unbranched alkanes of at least 4 members (excludes halogenated alkanes) is 1. The monoisotopic (exact) mass is 300 g/mol. The van der Waals surface area contributed by atoms with E-state index in [-0.39, 0.29) is 0 Å². The average molecular weight is 300 g/mol. The summed E-state index contributed by atoms with van der Waals surface area (Å²) >= 11 is 0. The minimum atomic E-state index is 0.673. The normalized spacial score (nSPS) is 10.3. The third-order valence-corrected chi connectivity index (χ3v) is 3.33. The summed E-state index contributed by atoms with van der Waals surface area (Å²) < 4.78 is 5.44. The summed E-state index contributed by atoms with van der Waals surface area (Å²) in [5.41, 5.74) is 0.976. The van der Waals surface area contributed by atoms with Crippen LogP contribution in [0.4, 0.5) is 17.3 Å². The van der Waals surface area contributed by atoms with Crippen molar-refractivity contribution in [2.75, 3.05) is 30.4 Å². The molecular weight excluding hydrogens is 276 g/mol. The predicted molar refractivity (Wildman–Crippen MR) is 91.1 cm³/mol. The molecule has 22 heavy (non-hydrogen) atoms. The number of rotatable bonds is 8. The Hall–Kier alpha value is -2.30. The highest BCUT2D eigenvalue weighted by Gasteiger charge is 2.04. The van der Waals surface area contributed by atoms with E-state index in [0.717, 1.165) is 36.0 Å². The second-order valence-electron chi connectivity index (χ2n) is 5.12. The van der Waals surface area contributed by atoms with Crippen molar-refractivity contribution in [3.63, 3.8) is 0 Å². The van der Waals surface area contributed by atoms with Gasteiger partial charge in [0.15, 0.2) is 0 Å². The Morgan fingerprint density at radius 1 is 1.14 bits per heavy atom. The van der Waals surface area contributed by atoms with Crippen LogP contribution in [0.2, 0.25) is 0 Å². The average Bonchev–Trinajstić information content (AvgIpc) is 2.55. The minimum Gasteiger partial charge on any atom is -0.494 e. The Kier molecular flexibility index (Phi) is 6.01. The summed E-state index contributed by atoms with van der Waals surface area (Å²) in [5, 5.41) is 3.29. The van der Waals surface area contributed by atoms with Crippen molar-refractivity contribution in [3.05, 3.63) is 36.7 Å². The van der Waals surface area contributed by atoms with E-state index >= 15 is 0 Å². The van der Waals surface area contributed by atoms with Gasteiger partial charge in [0.05, 0.1) is 6.61 Å². The van der Waals surface area contributed by atoms with Crippen LogP contribution in [-0.4, -0.2) is 30.2 Å². The molecule has 5 heteroatoms. The lowest BCUT2D eigenvalue weighted by atomic mass is 10.3. The fraction of sp³-hybridized carbons (Fsp3) is 0.412. The third-order valence-electron chi connectivity index (χ3n) is 3.33. The van der Waals surface area contributed by atoms with Crippen molar-refractivity contribution in [2.45, 2.75) is 26.7 Å². The molecular formula is C17H24N4O. The van der Waals surface area contributed by atoms with E-state index in [4.69, 9.17) is 4.74 Å². The quantitative estimate of drug-likeness (QED) is 0.802. The molecule has 0 spiro atoms. The molecule has 1 aromatic carbocycles. The summed E-state index contributed by atoms with van der Waals surface area (Å²) in [4.78, 5) is 10.8. The second-order valence-corrected chi connectivity index (χ2v) is 5.12. The Bertz CT molecular complexity index is 571. The molecule has 1 heterocycles. The van der Waals surface area contributed by atoms with Gasteiger partial charge in [0.2, 0.25) is 0 Å². The topological polar surface area (TPSA) is 50.3 Å². The standard InChI is InChI=1S/C17H24N4O/c1-4-6-11-21(3)17-12-16(18-13-19-17)20-14-7-9-15(10-8-14)22-5-2/h7-10,12-13H,4-6,11H2,1-3H3,(H,18,19,20). The van der Waals surface area contributed by atoms with Crippen molar-refractivity contribution >= 4 is 17.3 Å². The lowest BCUT2D eigenvalue weighted by Gasteiger charge is -2.18. The maximum absolute atomic E-state index is 5.44. The van der Waals surface area contributed by atoms with Crippen LogP contribution in [-0.2, 0) is 0 Å². The van der Waals surface area contributed by atoms with Gasteiger partial charge in [-0.2, -0.15) is 0 Å². The largest absolute Gasteiger partial charge is 0.494 e. The molecule has 0 amide bonds. The van der Waals surface area contributed by atoms with Crippen LogP contribution in [0.25, 0.3) is 0 Å². The molecule has 0 saturated heterocycles. The molecule has 0 radical (unpaired) electrons. The Morgan fingerprint density at radius 2 is 1.91 bits per heavy atom. The van der Waals surface area contributed by atoms with Crippen molar-refractivity contribution < 1.29 is 4.74 Å². The summed E-state index contributed by atoms with van der Waals surface area (Å²) in [7, 11) is 2.05. The first kappa shape index (κ1) is 16.1. The van der Waals surface area contributed by atoms with Crippen LogP contribution in [0.15, 0.2) is 36.7 Å². The molecule has 118 valence electrons. The van der Waals surface area contributed by atoms with Crippen molar-refractivity contribution in [1.82, 2.24) is 9.97 Å². The number of benzene rings is 1. The summed E-state index contributed by atoms with van der Waals surface area (Å²) in [6.45, 7) is 5.83. The fourth-order valence-corrected chi connectivity index (χ4v) is 2.08. The van der Waals surface area contributed by atoms with Crippen LogP contribution in [0.1, 0.15) is 26.7 Å². The molecule has 0 saturated carbocycles. The molecule has 2 aromatic rings.